The van der Waals surface area contributed by atoms with Gasteiger partial charge >= 0.3 is 0 Å². The first kappa shape index (κ1) is 13.7. The number of aliphatic hydroxyl groups excluding tert-OH is 1. The van der Waals surface area contributed by atoms with Crippen LogP contribution in [0.1, 0.15) is 5.56 Å². The third-order valence-corrected chi connectivity index (χ3v) is 3.65. The molecule has 8 heteroatoms. The third-order valence-electron chi connectivity index (χ3n) is 2.27. The average Bonchev–Trinajstić information content (AvgIpc) is 2.39. The number of rotatable bonds is 4. The highest BCUT2D eigenvalue weighted by molar-refractivity contribution is 7.99. The number of hydrogen-bond acceptors (Lipinski definition) is 6. The number of nitro groups is 1. The second kappa shape index (κ2) is 5.96. The normalized spacial score (nSPS) is 10.4. The molecule has 0 saturated heterocycles. The van der Waals surface area contributed by atoms with Crippen LogP contribution in [-0.2, 0) is 6.61 Å². The molecule has 0 radical (unpaired) electrons. The van der Waals surface area contributed by atoms with Crippen molar-refractivity contribution in [1.29, 1.82) is 0 Å². The van der Waals surface area contributed by atoms with Crippen molar-refractivity contribution in [2.45, 2.75) is 16.5 Å². The maximum Gasteiger partial charge on any atom is 0.269 e. The topological polar surface area (TPSA) is 89.2 Å². The van der Waals surface area contributed by atoms with E-state index in [4.69, 9.17) is 11.6 Å². The fourth-order valence-corrected chi connectivity index (χ4v) is 2.47. The Morgan fingerprint density at radius 1 is 1.32 bits per heavy atom. The molecule has 0 spiro atoms. The van der Waals surface area contributed by atoms with Gasteiger partial charge in [0.1, 0.15) is 16.5 Å². The van der Waals surface area contributed by atoms with Crippen molar-refractivity contribution in [3.8, 4) is 0 Å². The summed E-state index contributed by atoms with van der Waals surface area (Å²) in [6.45, 7) is -0.269. The molecule has 0 bridgehead atoms. The second-order valence-corrected chi connectivity index (χ2v) is 4.88. The van der Waals surface area contributed by atoms with Gasteiger partial charge in [0.05, 0.1) is 11.5 Å². The number of non-ortho nitro benzene ring substituents is 1. The first-order valence-corrected chi connectivity index (χ1v) is 6.34. The van der Waals surface area contributed by atoms with Crippen LogP contribution in [0.25, 0.3) is 0 Å². The number of nitro benzene ring substituents is 1. The molecular formula is C11H8ClN3O3S. The highest BCUT2D eigenvalue weighted by atomic mass is 35.5. The van der Waals surface area contributed by atoms with Crippen molar-refractivity contribution in [3.05, 3.63) is 51.4 Å². The standard InChI is InChI=1S/C11H8ClN3O3S/c12-10-9(5-16)11(14-6-13-10)19-8-3-1-7(2-4-8)15(17)18/h1-4,6,16H,5H2. The molecule has 0 unspecified atom stereocenters. The van der Waals surface area contributed by atoms with Gasteiger partial charge in [-0.25, -0.2) is 9.97 Å². The van der Waals surface area contributed by atoms with E-state index in [1.807, 2.05) is 0 Å². The van der Waals surface area contributed by atoms with Crippen LogP contribution < -0.4 is 0 Å². The third kappa shape index (κ3) is 3.19. The average molecular weight is 298 g/mol. The lowest BCUT2D eigenvalue weighted by atomic mass is 10.3. The van der Waals surface area contributed by atoms with Gasteiger partial charge in [0.25, 0.3) is 5.69 Å². The number of aromatic nitrogens is 2. The minimum atomic E-state index is -0.463. The first-order chi connectivity index (χ1) is 9.11. The van der Waals surface area contributed by atoms with Crippen molar-refractivity contribution in [2.24, 2.45) is 0 Å². The Bertz CT molecular complexity index is 607. The zero-order chi connectivity index (χ0) is 13.8. The van der Waals surface area contributed by atoms with Crippen LogP contribution in [-0.4, -0.2) is 20.0 Å². The maximum atomic E-state index is 10.5. The van der Waals surface area contributed by atoms with Gasteiger partial charge in [-0.15, -0.1) is 0 Å². The molecule has 0 aliphatic heterocycles. The van der Waals surface area contributed by atoms with E-state index in [1.54, 1.807) is 12.1 Å². The maximum absolute atomic E-state index is 10.5. The van der Waals surface area contributed by atoms with Crippen LogP contribution >= 0.6 is 23.4 Å². The van der Waals surface area contributed by atoms with Gasteiger partial charge in [0, 0.05) is 22.6 Å². The summed E-state index contributed by atoms with van der Waals surface area (Å²) in [6, 6.07) is 6.04. The van der Waals surface area contributed by atoms with Crippen molar-refractivity contribution < 1.29 is 10.0 Å². The van der Waals surface area contributed by atoms with E-state index in [0.29, 0.717) is 10.6 Å². The Labute approximate surface area is 117 Å². The van der Waals surface area contributed by atoms with E-state index in [9.17, 15) is 15.2 Å². The predicted molar refractivity (Wildman–Crippen MR) is 70.2 cm³/mol. The molecule has 1 aromatic carbocycles. The lowest BCUT2D eigenvalue weighted by Gasteiger charge is -2.06. The van der Waals surface area contributed by atoms with Gasteiger partial charge in [-0.05, 0) is 12.1 Å². The van der Waals surface area contributed by atoms with E-state index in [0.717, 1.165) is 4.90 Å². The second-order valence-electron chi connectivity index (χ2n) is 3.46. The van der Waals surface area contributed by atoms with Crippen LogP contribution in [0.5, 0.6) is 0 Å². The summed E-state index contributed by atoms with van der Waals surface area (Å²) in [6.07, 6.45) is 1.30. The van der Waals surface area contributed by atoms with E-state index in [2.05, 4.69) is 9.97 Å². The van der Waals surface area contributed by atoms with E-state index in [1.165, 1.54) is 30.2 Å². The molecule has 6 nitrogen and oxygen atoms in total. The quantitative estimate of drug-likeness (QED) is 0.530. The molecule has 19 heavy (non-hydrogen) atoms. The van der Waals surface area contributed by atoms with Crippen LogP contribution in [0.3, 0.4) is 0 Å². The Balaban J connectivity index is 2.26. The number of halogens is 1. The van der Waals surface area contributed by atoms with Gasteiger partial charge < -0.3 is 5.11 Å². The molecule has 2 aromatic rings. The molecule has 2 rings (SSSR count). The fraction of sp³-hybridized carbons (Fsp3) is 0.0909. The molecule has 1 aromatic heterocycles. The highest BCUT2D eigenvalue weighted by Crippen LogP contribution is 2.31. The van der Waals surface area contributed by atoms with Crippen LogP contribution in [0.2, 0.25) is 5.15 Å². The first-order valence-electron chi connectivity index (χ1n) is 5.14. The minimum Gasteiger partial charge on any atom is -0.391 e. The Kier molecular flexibility index (Phi) is 4.31. The van der Waals surface area contributed by atoms with Crippen molar-refractivity contribution in [2.75, 3.05) is 0 Å². The van der Waals surface area contributed by atoms with E-state index in [-0.39, 0.29) is 17.4 Å². The molecule has 0 atom stereocenters. The summed E-state index contributed by atoms with van der Waals surface area (Å²) in [5.74, 6) is 0. The summed E-state index contributed by atoms with van der Waals surface area (Å²) in [7, 11) is 0. The SMILES string of the molecule is O=[N+]([O-])c1ccc(Sc2ncnc(Cl)c2CO)cc1. The van der Waals surface area contributed by atoms with Crippen LogP contribution in [0.15, 0.2) is 40.5 Å². The number of hydrogen-bond donors (Lipinski definition) is 1. The van der Waals surface area contributed by atoms with Crippen LogP contribution in [0.4, 0.5) is 5.69 Å². The fourth-order valence-electron chi connectivity index (χ4n) is 1.34. The number of aliphatic hydroxyl groups is 1. The van der Waals surface area contributed by atoms with Crippen molar-refractivity contribution in [3.63, 3.8) is 0 Å². The zero-order valence-electron chi connectivity index (χ0n) is 9.49. The van der Waals surface area contributed by atoms with Gasteiger partial charge in [-0.1, -0.05) is 23.4 Å². The van der Waals surface area contributed by atoms with E-state index < -0.39 is 4.92 Å². The predicted octanol–water partition coefficient (Wildman–Crippen LogP) is 2.68. The Morgan fingerprint density at radius 3 is 2.58 bits per heavy atom. The Morgan fingerprint density at radius 2 is 2.00 bits per heavy atom. The Hall–Kier alpha value is -1.70. The summed E-state index contributed by atoms with van der Waals surface area (Å²) in [5, 5.41) is 20.5. The summed E-state index contributed by atoms with van der Waals surface area (Å²) >= 11 is 7.10. The minimum absolute atomic E-state index is 0.0208. The largest absolute Gasteiger partial charge is 0.391 e. The van der Waals surface area contributed by atoms with Gasteiger partial charge in [-0.2, -0.15) is 0 Å². The molecule has 0 aliphatic carbocycles. The lowest BCUT2D eigenvalue weighted by molar-refractivity contribution is -0.384. The van der Waals surface area contributed by atoms with Crippen LogP contribution in [0, 0.1) is 10.1 Å². The van der Waals surface area contributed by atoms with Gasteiger partial charge in [-0.3, -0.25) is 10.1 Å². The lowest BCUT2D eigenvalue weighted by Crippen LogP contribution is -1.95. The van der Waals surface area contributed by atoms with Gasteiger partial charge in [0.2, 0.25) is 0 Å². The van der Waals surface area contributed by atoms with Crippen molar-refractivity contribution in [1.82, 2.24) is 9.97 Å². The molecule has 1 N–H and O–H groups in total. The monoisotopic (exact) mass is 297 g/mol. The smallest absolute Gasteiger partial charge is 0.269 e. The van der Waals surface area contributed by atoms with Crippen molar-refractivity contribution >= 4 is 29.1 Å². The molecule has 0 fully saturated rings. The number of benzene rings is 1. The summed E-state index contributed by atoms with van der Waals surface area (Å²) in [5.41, 5.74) is 0.458. The zero-order valence-corrected chi connectivity index (χ0v) is 11.1. The molecular weight excluding hydrogens is 290 g/mol. The summed E-state index contributed by atoms with van der Waals surface area (Å²) in [4.78, 5) is 18.7. The molecule has 0 amide bonds. The summed E-state index contributed by atoms with van der Waals surface area (Å²) < 4.78 is 0. The molecule has 0 aliphatic rings. The molecule has 1 heterocycles. The highest BCUT2D eigenvalue weighted by Gasteiger charge is 2.11. The molecule has 0 saturated carbocycles. The van der Waals surface area contributed by atoms with E-state index >= 15 is 0 Å². The number of nitrogens with zero attached hydrogens (tertiary/aromatic N) is 3. The molecule has 98 valence electrons. The van der Waals surface area contributed by atoms with Gasteiger partial charge in [0.15, 0.2) is 0 Å².